The van der Waals surface area contributed by atoms with Gasteiger partial charge in [0.05, 0.1) is 12.2 Å². The average Bonchev–Trinajstić information content (AvgIpc) is 2.73. The fourth-order valence-electron chi connectivity index (χ4n) is 3.14. The van der Waals surface area contributed by atoms with Gasteiger partial charge in [-0.2, -0.15) is 0 Å². The molecule has 0 saturated carbocycles. The van der Waals surface area contributed by atoms with Gasteiger partial charge in [0.1, 0.15) is 17.6 Å². The Morgan fingerprint density at radius 2 is 1.75 bits per heavy atom. The van der Waals surface area contributed by atoms with Gasteiger partial charge in [-0.25, -0.2) is 0 Å². The smallest absolute Gasteiger partial charge is 0.248 e. The van der Waals surface area contributed by atoms with Gasteiger partial charge in [-0.15, -0.1) is 0 Å². The van der Waals surface area contributed by atoms with Crippen LogP contribution in [0.3, 0.4) is 0 Å². The average molecular weight is 374 g/mol. The summed E-state index contributed by atoms with van der Waals surface area (Å²) in [4.78, 5) is 27.4. The maximum absolute atomic E-state index is 12.0. The number of primary amides is 1. The molecule has 6 nitrogen and oxygen atoms in total. The van der Waals surface area contributed by atoms with Crippen molar-refractivity contribution in [3.8, 4) is 11.5 Å². The highest BCUT2D eigenvalue weighted by molar-refractivity contribution is 5.99. The number of nitrogens with two attached hydrogens (primary N) is 1. The van der Waals surface area contributed by atoms with Crippen LogP contribution in [-0.4, -0.2) is 23.3 Å². The summed E-state index contributed by atoms with van der Waals surface area (Å²) < 4.78 is 11.9. The SMILES string of the molecule is NC(=O)c1ccc([C@H](Oc2ccc3c(c2)OCCC3=O)c2ccncc2)cc1. The third kappa shape index (κ3) is 3.57. The lowest BCUT2D eigenvalue weighted by molar-refractivity contribution is 0.0932. The summed E-state index contributed by atoms with van der Waals surface area (Å²) in [5.74, 6) is 0.700. The highest BCUT2D eigenvalue weighted by Crippen LogP contribution is 2.33. The number of rotatable bonds is 5. The van der Waals surface area contributed by atoms with Gasteiger partial charge in [0.15, 0.2) is 5.78 Å². The number of nitrogens with zero attached hydrogens (tertiary/aromatic N) is 1. The Labute approximate surface area is 161 Å². The summed E-state index contributed by atoms with van der Waals surface area (Å²) in [6.07, 6.45) is 3.34. The Hall–Kier alpha value is -3.67. The molecule has 140 valence electrons. The third-order valence-corrected chi connectivity index (χ3v) is 4.60. The van der Waals surface area contributed by atoms with Crippen molar-refractivity contribution in [1.29, 1.82) is 0 Å². The minimum atomic E-state index is -0.482. The van der Waals surface area contributed by atoms with E-state index in [4.69, 9.17) is 15.2 Å². The summed E-state index contributed by atoms with van der Waals surface area (Å²) >= 11 is 0. The van der Waals surface area contributed by atoms with Gasteiger partial charge in [0.2, 0.25) is 5.91 Å². The molecule has 1 atom stereocenters. The van der Waals surface area contributed by atoms with Crippen LogP contribution >= 0.6 is 0 Å². The fourth-order valence-corrected chi connectivity index (χ4v) is 3.14. The van der Waals surface area contributed by atoms with Crippen molar-refractivity contribution in [3.05, 3.63) is 89.2 Å². The Kier molecular flexibility index (Phi) is 4.76. The second-order valence-electron chi connectivity index (χ2n) is 6.44. The van der Waals surface area contributed by atoms with E-state index in [0.717, 1.165) is 11.1 Å². The minimum absolute atomic E-state index is 0.0699. The van der Waals surface area contributed by atoms with Crippen molar-refractivity contribution in [3.63, 3.8) is 0 Å². The molecular weight excluding hydrogens is 356 g/mol. The van der Waals surface area contributed by atoms with Gasteiger partial charge in [-0.3, -0.25) is 14.6 Å². The van der Waals surface area contributed by atoms with Crippen LogP contribution in [0.1, 0.15) is 44.4 Å². The van der Waals surface area contributed by atoms with Gasteiger partial charge in [0.25, 0.3) is 0 Å². The first kappa shape index (κ1) is 17.7. The topological polar surface area (TPSA) is 91.5 Å². The molecular formula is C22H18N2O4. The van der Waals surface area contributed by atoms with E-state index in [9.17, 15) is 9.59 Å². The molecule has 0 unspecified atom stereocenters. The molecule has 3 aromatic rings. The minimum Gasteiger partial charge on any atom is -0.492 e. The maximum Gasteiger partial charge on any atom is 0.248 e. The van der Waals surface area contributed by atoms with Crippen molar-refractivity contribution in [2.24, 2.45) is 5.73 Å². The number of amides is 1. The van der Waals surface area contributed by atoms with E-state index in [-0.39, 0.29) is 5.78 Å². The zero-order valence-corrected chi connectivity index (χ0v) is 15.0. The Balaban J connectivity index is 1.68. The van der Waals surface area contributed by atoms with Gasteiger partial charge in [-0.1, -0.05) is 12.1 Å². The maximum atomic E-state index is 12.0. The van der Waals surface area contributed by atoms with Gasteiger partial charge < -0.3 is 15.2 Å². The summed E-state index contributed by atoms with van der Waals surface area (Å²) in [5.41, 5.74) is 8.09. The number of aromatic nitrogens is 1. The van der Waals surface area contributed by atoms with E-state index in [1.54, 1.807) is 42.7 Å². The molecule has 6 heteroatoms. The molecule has 0 fully saturated rings. The number of ether oxygens (including phenoxy) is 2. The first-order valence-electron chi connectivity index (χ1n) is 8.88. The number of ketones is 1. The van der Waals surface area contributed by atoms with Crippen LogP contribution in [0.25, 0.3) is 0 Å². The largest absolute Gasteiger partial charge is 0.492 e. The first-order valence-corrected chi connectivity index (χ1v) is 8.88. The van der Waals surface area contributed by atoms with Gasteiger partial charge in [-0.05, 0) is 47.5 Å². The number of pyridine rings is 1. The summed E-state index contributed by atoms with van der Waals surface area (Å²) in [5, 5.41) is 0. The molecule has 1 aliphatic heterocycles. The second-order valence-corrected chi connectivity index (χ2v) is 6.44. The standard InChI is InChI=1S/C22H18N2O4/c23-22(26)16-3-1-14(2-4-16)21(15-7-10-24-11-8-15)28-17-5-6-18-19(25)9-12-27-20(18)13-17/h1-8,10-11,13,21H,9,12H2,(H2,23,26)/t21-/m0/s1. The van der Waals surface area contributed by atoms with Crippen molar-refractivity contribution in [1.82, 2.24) is 4.98 Å². The lowest BCUT2D eigenvalue weighted by atomic mass is 10.0. The lowest BCUT2D eigenvalue weighted by Crippen LogP contribution is -2.16. The summed E-state index contributed by atoms with van der Waals surface area (Å²) in [6.45, 7) is 0.373. The van der Waals surface area contributed by atoms with E-state index < -0.39 is 12.0 Å². The predicted molar refractivity (Wildman–Crippen MR) is 103 cm³/mol. The predicted octanol–water partition coefficient (Wildman–Crippen LogP) is 3.31. The monoisotopic (exact) mass is 374 g/mol. The molecule has 28 heavy (non-hydrogen) atoms. The molecule has 2 aromatic carbocycles. The highest BCUT2D eigenvalue weighted by atomic mass is 16.5. The van der Waals surface area contributed by atoms with Crippen LogP contribution < -0.4 is 15.2 Å². The van der Waals surface area contributed by atoms with Crippen molar-refractivity contribution in [2.75, 3.05) is 6.61 Å². The van der Waals surface area contributed by atoms with E-state index in [1.807, 2.05) is 24.3 Å². The summed E-state index contributed by atoms with van der Waals surface area (Å²) in [7, 11) is 0. The third-order valence-electron chi connectivity index (χ3n) is 4.60. The summed E-state index contributed by atoms with van der Waals surface area (Å²) in [6, 6.07) is 15.9. The molecule has 2 heterocycles. The first-order chi connectivity index (χ1) is 13.6. The molecule has 1 amide bonds. The molecule has 0 saturated heterocycles. The quantitative estimate of drug-likeness (QED) is 0.740. The number of carbonyl (C=O) groups is 2. The normalized spacial score (nSPS) is 13.9. The number of Topliss-reactive ketones (excluding diaryl/α,β-unsaturated/α-hetero) is 1. The van der Waals surface area contributed by atoms with E-state index in [1.165, 1.54) is 0 Å². The Morgan fingerprint density at radius 1 is 1.04 bits per heavy atom. The molecule has 4 rings (SSSR count). The Morgan fingerprint density at radius 3 is 2.46 bits per heavy atom. The van der Waals surface area contributed by atoms with Crippen LogP contribution in [0.15, 0.2) is 67.0 Å². The van der Waals surface area contributed by atoms with Gasteiger partial charge >= 0.3 is 0 Å². The second kappa shape index (κ2) is 7.52. The zero-order chi connectivity index (χ0) is 19.5. The van der Waals surface area contributed by atoms with Crippen LogP contribution in [0.4, 0.5) is 0 Å². The van der Waals surface area contributed by atoms with E-state index in [0.29, 0.717) is 35.7 Å². The Bertz CT molecular complexity index is 1020. The van der Waals surface area contributed by atoms with Crippen molar-refractivity contribution in [2.45, 2.75) is 12.5 Å². The van der Waals surface area contributed by atoms with Crippen molar-refractivity contribution < 1.29 is 19.1 Å². The van der Waals surface area contributed by atoms with Crippen LogP contribution in [0, 0.1) is 0 Å². The van der Waals surface area contributed by atoms with Crippen molar-refractivity contribution >= 4 is 11.7 Å². The van der Waals surface area contributed by atoms with E-state index >= 15 is 0 Å². The molecule has 0 bridgehead atoms. The molecule has 0 aliphatic carbocycles. The van der Waals surface area contributed by atoms with Crippen LogP contribution in [-0.2, 0) is 0 Å². The number of carbonyl (C=O) groups excluding carboxylic acids is 2. The lowest BCUT2D eigenvalue weighted by Gasteiger charge is -2.22. The number of hydrogen-bond donors (Lipinski definition) is 1. The van der Waals surface area contributed by atoms with Crippen LogP contribution in [0.5, 0.6) is 11.5 Å². The van der Waals surface area contributed by atoms with Gasteiger partial charge in [0, 0.05) is 30.4 Å². The van der Waals surface area contributed by atoms with Crippen LogP contribution in [0.2, 0.25) is 0 Å². The number of fused-ring (bicyclic) bond motifs is 1. The zero-order valence-electron chi connectivity index (χ0n) is 15.0. The highest BCUT2D eigenvalue weighted by Gasteiger charge is 2.21. The number of benzene rings is 2. The molecule has 0 radical (unpaired) electrons. The number of hydrogen-bond acceptors (Lipinski definition) is 5. The molecule has 0 spiro atoms. The molecule has 1 aromatic heterocycles. The molecule has 1 aliphatic rings. The fraction of sp³-hybridized carbons (Fsp3) is 0.136. The van der Waals surface area contributed by atoms with E-state index in [2.05, 4.69) is 4.98 Å². The molecule has 2 N–H and O–H groups in total.